The van der Waals surface area contributed by atoms with Crippen molar-refractivity contribution in [3.8, 4) is 17.2 Å². The zero-order chi connectivity index (χ0) is 18.4. The van der Waals surface area contributed by atoms with E-state index in [4.69, 9.17) is 18.9 Å². The number of methoxy groups -OCH3 is 3. The maximum absolute atomic E-state index is 11.9. The summed E-state index contributed by atoms with van der Waals surface area (Å²) in [4.78, 5) is 23.7. The van der Waals surface area contributed by atoms with Gasteiger partial charge in [0.1, 0.15) is 0 Å². The third-order valence-electron chi connectivity index (χ3n) is 3.68. The fourth-order valence-corrected chi connectivity index (χ4v) is 2.18. The highest BCUT2D eigenvalue weighted by molar-refractivity contribution is 5.90. The van der Waals surface area contributed by atoms with Crippen LogP contribution in [0.4, 0.5) is 0 Å². The van der Waals surface area contributed by atoms with Gasteiger partial charge in [0.05, 0.1) is 21.3 Å². The van der Waals surface area contributed by atoms with Crippen LogP contribution in [0.1, 0.15) is 25.3 Å². The summed E-state index contributed by atoms with van der Waals surface area (Å²) < 4.78 is 20.9. The van der Waals surface area contributed by atoms with Crippen LogP contribution in [0.5, 0.6) is 17.2 Å². The van der Waals surface area contributed by atoms with Gasteiger partial charge in [-0.2, -0.15) is 0 Å². The molecule has 1 aliphatic rings. The highest BCUT2D eigenvalue weighted by atomic mass is 16.5. The van der Waals surface area contributed by atoms with Crippen molar-refractivity contribution in [1.82, 2.24) is 5.32 Å². The highest BCUT2D eigenvalue weighted by Crippen LogP contribution is 2.38. The lowest BCUT2D eigenvalue weighted by Crippen LogP contribution is -2.36. The molecule has 1 aromatic rings. The van der Waals surface area contributed by atoms with Crippen LogP contribution in [0.2, 0.25) is 0 Å². The quantitative estimate of drug-likeness (QED) is 0.570. The van der Waals surface area contributed by atoms with E-state index in [1.165, 1.54) is 27.4 Å². The van der Waals surface area contributed by atoms with Crippen LogP contribution in [-0.4, -0.2) is 45.4 Å². The molecule has 0 unspecified atom stereocenters. The van der Waals surface area contributed by atoms with Crippen molar-refractivity contribution in [2.24, 2.45) is 0 Å². The summed E-state index contributed by atoms with van der Waals surface area (Å²) in [5.74, 6) is 0.540. The van der Waals surface area contributed by atoms with Gasteiger partial charge in [0.15, 0.2) is 17.6 Å². The van der Waals surface area contributed by atoms with Gasteiger partial charge in [-0.3, -0.25) is 4.79 Å². The zero-order valence-electron chi connectivity index (χ0n) is 14.8. The standard InChI is InChI=1S/C18H23NO6/c1-11(18(21)19-13-6-7-13)25-16(20)8-5-12-9-14(22-2)17(24-4)15(10-12)23-3/h5,8-11,13H,6-7H2,1-4H3,(H,19,21)/b8-5+/t11-/m0/s1. The number of benzene rings is 1. The van der Waals surface area contributed by atoms with Crippen LogP contribution in [0, 0.1) is 0 Å². The van der Waals surface area contributed by atoms with Crippen molar-refractivity contribution in [3.05, 3.63) is 23.8 Å². The van der Waals surface area contributed by atoms with Crippen LogP contribution in [0.3, 0.4) is 0 Å². The predicted octanol–water partition coefficient (Wildman–Crippen LogP) is 1.94. The third-order valence-corrected chi connectivity index (χ3v) is 3.68. The lowest BCUT2D eigenvalue weighted by Gasteiger charge is -2.13. The molecule has 0 aliphatic heterocycles. The van der Waals surface area contributed by atoms with Gasteiger partial charge in [0, 0.05) is 12.1 Å². The maximum atomic E-state index is 11.9. The topological polar surface area (TPSA) is 83.1 Å². The molecular formula is C18H23NO6. The second kappa shape index (κ2) is 8.41. The van der Waals surface area contributed by atoms with Gasteiger partial charge in [0.25, 0.3) is 5.91 Å². The molecular weight excluding hydrogens is 326 g/mol. The minimum absolute atomic E-state index is 0.225. The average Bonchev–Trinajstić information content (AvgIpc) is 3.42. The van der Waals surface area contributed by atoms with Crippen molar-refractivity contribution in [2.45, 2.75) is 31.9 Å². The molecule has 1 amide bonds. The summed E-state index contributed by atoms with van der Waals surface area (Å²) in [6.07, 6.45) is 3.93. The number of carbonyl (C=O) groups excluding carboxylic acids is 2. The summed E-state index contributed by atoms with van der Waals surface area (Å²) in [5, 5.41) is 2.79. The van der Waals surface area contributed by atoms with Gasteiger partial charge in [0.2, 0.25) is 5.75 Å². The molecule has 1 N–H and O–H groups in total. The lowest BCUT2D eigenvalue weighted by atomic mass is 10.1. The maximum Gasteiger partial charge on any atom is 0.331 e. The number of nitrogens with one attached hydrogen (secondary N) is 1. The van der Waals surface area contributed by atoms with Crippen molar-refractivity contribution in [1.29, 1.82) is 0 Å². The molecule has 0 heterocycles. The largest absolute Gasteiger partial charge is 0.493 e. The SMILES string of the molecule is COc1cc(/C=C/C(=O)O[C@@H](C)C(=O)NC2CC2)cc(OC)c1OC. The normalized spacial score (nSPS) is 14.7. The molecule has 2 rings (SSSR count). The van der Waals surface area contributed by atoms with Crippen molar-refractivity contribution in [2.75, 3.05) is 21.3 Å². The van der Waals surface area contributed by atoms with Crippen molar-refractivity contribution < 1.29 is 28.5 Å². The number of rotatable bonds is 8. The molecule has 1 saturated carbocycles. The summed E-state index contributed by atoms with van der Waals surface area (Å²) in [7, 11) is 4.54. The van der Waals surface area contributed by atoms with E-state index in [9.17, 15) is 9.59 Å². The van der Waals surface area contributed by atoms with E-state index in [1.54, 1.807) is 25.1 Å². The Morgan fingerprint density at radius 1 is 1.12 bits per heavy atom. The minimum atomic E-state index is -0.835. The van der Waals surface area contributed by atoms with E-state index in [0.717, 1.165) is 12.8 Å². The first-order chi connectivity index (χ1) is 12.0. The van der Waals surface area contributed by atoms with Crippen molar-refractivity contribution in [3.63, 3.8) is 0 Å². The first-order valence-electron chi connectivity index (χ1n) is 7.97. The summed E-state index contributed by atoms with van der Waals surface area (Å²) in [6, 6.07) is 3.63. The number of amides is 1. The molecule has 7 nitrogen and oxygen atoms in total. The second-order valence-corrected chi connectivity index (χ2v) is 5.65. The molecule has 0 saturated heterocycles. The molecule has 7 heteroatoms. The number of carbonyl (C=O) groups is 2. The average molecular weight is 349 g/mol. The number of ether oxygens (including phenoxy) is 4. The van der Waals surface area contributed by atoms with E-state index in [-0.39, 0.29) is 11.9 Å². The number of hydrogen-bond donors (Lipinski definition) is 1. The lowest BCUT2D eigenvalue weighted by molar-refractivity contribution is -0.150. The highest BCUT2D eigenvalue weighted by Gasteiger charge is 2.26. The number of esters is 1. The molecule has 1 atom stereocenters. The van der Waals surface area contributed by atoms with E-state index < -0.39 is 12.1 Å². The van der Waals surface area contributed by atoms with E-state index in [2.05, 4.69) is 5.32 Å². The van der Waals surface area contributed by atoms with Crippen molar-refractivity contribution >= 4 is 18.0 Å². The molecule has 0 spiro atoms. The van der Waals surface area contributed by atoms with Gasteiger partial charge in [-0.25, -0.2) is 4.79 Å². The predicted molar refractivity (Wildman–Crippen MR) is 91.9 cm³/mol. The minimum Gasteiger partial charge on any atom is -0.493 e. The van der Waals surface area contributed by atoms with Crippen LogP contribution in [0.15, 0.2) is 18.2 Å². The summed E-state index contributed by atoms with van der Waals surface area (Å²) >= 11 is 0. The Balaban J connectivity index is 2.02. The Bertz CT molecular complexity index is 641. The molecule has 0 radical (unpaired) electrons. The molecule has 0 aromatic heterocycles. The first kappa shape index (κ1) is 18.6. The molecule has 25 heavy (non-hydrogen) atoms. The Labute approximate surface area is 146 Å². The molecule has 1 aliphatic carbocycles. The van der Waals surface area contributed by atoms with Crippen LogP contribution < -0.4 is 19.5 Å². The molecule has 136 valence electrons. The zero-order valence-corrected chi connectivity index (χ0v) is 14.8. The van der Waals surface area contributed by atoms with E-state index in [0.29, 0.717) is 22.8 Å². The summed E-state index contributed by atoms with van der Waals surface area (Å²) in [6.45, 7) is 1.54. The van der Waals surface area contributed by atoms with Crippen LogP contribution in [-0.2, 0) is 14.3 Å². The second-order valence-electron chi connectivity index (χ2n) is 5.65. The monoisotopic (exact) mass is 349 g/mol. The Morgan fingerprint density at radius 3 is 2.20 bits per heavy atom. The summed E-state index contributed by atoms with van der Waals surface area (Å²) in [5.41, 5.74) is 0.668. The van der Waals surface area contributed by atoms with Gasteiger partial charge in [-0.1, -0.05) is 0 Å². The Hall–Kier alpha value is -2.70. The van der Waals surface area contributed by atoms with Crippen LogP contribution >= 0.6 is 0 Å². The Kier molecular flexibility index (Phi) is 6.27. The Morgan fingerprint density at radius 2 is 1.72 bits per heavy atom. The fraction of sp³-hybridized carbons (Fsp3) is 0.444. The van der Waals surface area contributed by atoms with E-state index >= 15 is 0 Å². The molecule has 1 fully saturated rings. The van der Waals surface area contributed by atoms with Crippen LogP contribution in [0.25, 0.3) is 6.08 Å². The van der Waals surface area contributed by atoms with E-state index in [1.807, 2.05) is 0 Å². The number of hydrogen-bond acceptors (Lipinski definition) is 6. The molecule has 1 aromatic carbocycles. The van der Waals surface area contributed by atoms with Gasteiger partial charge < -0.3 is 24.3 Å². The first-order valence-corrected chi connectivity index (χ1v) is 7.97. The third kappa shape index (κ3) is 5.14. The van der Waals surface area contributed by atoms with Gasteiger partial charge in [-0.15, -0.1) is 0 Å². The fourth-order valence-electron chi connectivity index (χ4n) is 2.18. The molecule has 0 bridgehead atoms. The van der Waals surface area contributed by atoms with Gasteiger partial charge >= 0.3 is 5.97 Å². The van der Waals surface area contributed by atoms with Gasteiger partial charge in [-0.05, 0) is 43.5 Å². The smallest absolute Gasteiger partial charge is 0.331 e.